The van der Waals surface area contributed by atoms with Gasteiger partial charge in [-0.1, -0.05) is 35.3 Å². The first-order valence-corrected chi connectivity index (χ1v) is 9.36. The van der Waals surface area contributed by atoms with Crippen molar-refractivity contribution < 1.29 is 14.0 Å². The van der Waals surface area contributed by atoms with Gasteiger partial charge in [-0.05, 0) is 69.2 Å². The molecule has 0 bridgehead atoms. The molecule has 1 aliphatic heterocycles. The Hall–Kier alpha value is -1.34. The second-order valence-corrected chi connectivity index (χ2v) is 7.85. The molecule has 0 aliphatic carbocycles. The van der Waals surface area contributed by atoms with Crippen LogP contribution in [0.15, 0.2) is 45.8 Å². The summed E-state index contributed by atoms with van der Waals surface area (Å²) in [7, 11) is 0. The molecule has 0 unspecified atom stereocenters. The summed E-state index contributed by atoms with van der Waals surface area (Å²) < 4.78 is 13.6. The first kappa shape index (κ1) is 18.5. The zero-order valence-corrected chi connectivity index (χ0v) is 16.3. The van der Waals surface area contributed by atoms with Crippen molar-refractivity contribution in [3.63, 3.8) is 0 Å². The maximum Gasteiger partial charge on any atom is 0.293 e. The number of imide groups is 1. The summed E-state index contributed by atoms with van der Waals surface area (Å²) in [5.74, 6) is -0.800. The Morgan fingerprint density at radius 1 is 1.12 bits per heavy atom. The molecule has 2 aromatic rings. The highest BCUT2D eigenvalue weighted by Gasteiger charge is 2.35. The highest BCUT2D eigenvalue weighted by molar-refractivity contribution is 9.10. The van der Waals surface area contributed by atoms with Crippen LogP contribution in [0.2, 0.25) is 10.0 Å². The number of nitrogens with zero attached hydrogens (tertiary/aromatic N) is 1. The van der Waals surface area contributed by atoms with Gasteiger partial charge in [0.15, 0.2) is 0 Å². The molecular formula is C17H9BrCl2FNO2S. The average molecular weight is 461 g/mol. The molecule has 1 saturated heterocycles. The third-order valence-electron chi connectivity index (χ3n) is 3.44. The van der Waals surface area contributed by atoms with Crippen molar-refractivity contribution in [3.05, 3.63) is 72.8 Å². The van der Waals surface area contributed by atoms with Crippen LogP contribution in [0, 0.1) is 5.82 Å². The van der Waals surface area contributed by atoms with Crippen LogP contribution < -0.4 is 0 Å². The monoisotopic (exact) mass is 459 g/mol. The first-order valence-electron chi connectivity index (χ1n) is 6.99. The predicted molar refractivity (Wildman–Crippen MR) is 102 cm³/mol. The molecule has 3 nitrogen and oxygen atoms in total. The third-order valence-corrected chi connectivity index (χ3v) is 5.69. The molecule has 1 aliphatic rings. The number of benzene rings is 2. The van der Waals surface area contributed by atoms with Crippen molar-refractivity contribution in [2.45, 2.75) is 6.54 Å². The molecule has 0 N–H and O–H groups in total. The van der Waals surface area contributed by atoms with E-state index in [-0.39, 0.29) is 21.2 Å². The minimum Gasteiger partial charge on any atom is -0.268 e. The molecule has 25 heavy (non-hydrogen) atoms. The fourth-order valence-corrected chi connectivity index (χ4v) is 3.77. The maximum atomic E-state index is 13.3. The average Bonchev–Trinajstić information content (AvgIpc) is 2.82. The van der Waals surface area contributed by atoms with Gasteiger partial charge in [0.1, 0.15) is 5.82 Å². The molecule has 2 aromatic carbocycles. The summed E-state index contributed by atoms with van der Waals surface area (Å²) in [6.07, 6.45) is 1.56. The number of carbonyl (C=O) groups excluding carboxylic acids is 2. The fraction of sp³-hybridized carbons (Fsp3) is 0.0588. The first-order chi connectivity index (χ1) is 11.8. The SMILES string of the molecule is O=C1S/C(=C\c2ccc(F)c(Br)c2)C(=O)N1Cc1ccc(Cl)c(Cl)c1. The van der Waals surface area contributed by atoms with Gasteiger partial charge in [-0.15, -0.1) is 0 Å². The van der Waals surface area contributed by atoms with Gasteiger partial charge in [0.2, 0.25) is 0 Å². The molecule has 0 atom stereocenters. The summed E-state index contributed by atoms with van der Waals surface area (Å²) in [6, 6.07) is 9.31. The van der Waals surface area contributed by atoms with Crippen molar-refractivity contribution in [1.82, 2.24) is 4.90 Å². The molecule has 128 valence electrons. The van der Waals surface area contributed by atoms with Crippen molar-refractivity contribution in [3.8, 4) is 0 Å². The number of amides is 2. The summed E-state index contributed by atoms with van der Waals surface area (Å²) in [5.41, 5.74) is 1.32. The van der Waals surface area contributed by atoms with Crippen LogP contribution in [0.3, 0.4) is 0 Å². The van der Waals surface area contributed by atoms with Crippen LogP contribution >= 0.6 is 50.9 Å². The lowest BCUT2D eigenvalue weighted by Crippen LogP contribution is -2.27. The van der Waals surface area contributed by atoms with Crippen LogP contribution in [0.1, 0.15) is 11.1 Å². The molecule has 0 spiro atoms. The number of rotatable bonds is 3. The Morgan fingerprint density at radius 2 is 1.88 bits per heavy atom. The Labute approximate surface area is 165 Å². The van der Waals surface area contributed by atoms with Crippen molar-refractivity contribution in [1.29, 1.82) is 0 Å². The van der Waals surface area contributed by atoms with Gasteiger partial charge in [-0.2, -0.15) is 0 Å². The number of hydrogen-bond donors (Lipinski definition) is 0. The Kier molecular flexibility index (Phi) is 5.53. The van der Waals surface area contributed by atoms with Gasteiger partial charge >= 0.3 is 0 Å². The summed E-state index contributed by atoms with van der Waals surface area (Å²) in [5, 5.41) is 0.391. The topological polar surface area (TPSA) is 37.4 Å². The minimum absolute atomic E-state index is 0.103. The zero-order valence-electron chi connectivity index (χ0n) is 12.4. The van der Waals surface area contributed by atoms with Crippen LogP contribution in [0.25, 0.3) is 6.08 Å². The maximum absolute atomic E-state index is 13.3. The largest absolute Gasteiger partial charge is 0.293 e. The molecule has 0 radical (unpaired) electrons. The van der Waals surface area contributed by atoms with Crippen LogP contribution in [0.5, 0.6) is 0 Å². The molecule has 0 saturated carbocycles. The van der Waals surface area contributed by atoms with Crippen molar-refractivity contribution in [2.24, 2.45) is 0 Å². The number of carbonyl (C=O) groups is 2. The molecular weight excluding hydrogens is 452 g/mol. The summed E-state index contributed by atoms with van der Waals surface area (Å²) in [4.78, 5) is 26.1. The van der Waals surface area contributed by atoms with Crippen molar-refractivity contribution in [2.75, 3.05) is 0 Å². The van der Waals surface area contributed by atoms with E-state index in [9.17, 15) is 14.0 Å². The van der Waals surface area contributed by atoms with Gasteiger partial charge in [-0.25, -0.2) is 4.39 Å². The Balaban J connectivity index is 1.83. The lowest BCUT2D eigenvalue weighted by atomic mass is 10.2. The van der Waals surface area contributed by atoms with E-state index in [1.165, 1.54) is 12.1 Å². The van der Waals surface area contributed by atoms with Gasteiger partial charge < -0.3 is 0 Å². The summed E-state index contributed by atoms with van der Waals surface area (Å²) >= 11 is 15.8. The highest BCUT2D eigenvalue weighted by atomic mass is 79.9. The van der Waals surface area contributed by atoms with Crippen molar-refractivity contribution >= 4 is 68.1 Å². The van der Waals surface area contributed by atoms with E-state index < -0.39 is 11.7 Å². The molecule has 2 amide bonds. The molecule has 0 aromatic heterocycles. The van der Waals surface area contributed by atoms with E-state index in [4.69, 9.17) is 23.2 Å². The third kappa shape index (κ3) is 4.08. The summed E-state index contributed by atoms with van der Waals surface area (Å²) in [6.45, 7) is 0.103. The fourth-order valence-electron chi connectivity index (χ4n) is 2.21. The normalized spacial score (nSPS) is 16.2. The van der Waals surface area contributed by atoms with Gasteiger partial charge in [-0.3, -0.25) is 14.5 Å². The van der Waals surface area contributed by atoms with E-state index >= 15 is 0 Å². The molecule has 1 fully saturated rings. The smallest absolute Gasteiger partial charge is 0.268 e. The lowest BCUT2D eigenvalue weighted by molar-refractivity contribution is -0.123. The molecule has 1 heterocycles. The van der Waals surface area contributed by atoms with Gasteiger partial charge in [0.25, 0.3) is 11.1 Å². The van der Waals surface area contributed by atoms with E-state index in [0.717, 1.165) is 16.7 Å². The van der Waals surface area contributed by atoms with E-state index in [0.29, 0.717) is 21.2 Å². The van der Waals surface area contributed by atoms with E-state index in [1.807, 2.05) is 0 Å². The van der Waals surface area contributed by atoms with Crippen LogP contribution in [-0.4, -0.2) is 16.0 Å². The quantitative estimate of drug-likeness (QED) is 0.517. The van der Waals surface area contributed by atoms with Crippen LogP contribution in [-0.2, 0) is 11.3 Å². The zero-order chi connectivity index (χ0) is 18.1. The van der Waals surface area contributed by atoms with E-state index in [2.05, 4.69) is 15.9 Å². The second kappa shape index (κ2) is 7.50. The van der Waals surface area contributed by atoms with E-state index in [1.54, 1.807) is 30.3 Å². The van der Waals surface area contributed by atoms with Gasteiger partial charge in [0, 0.05) is 0 Å². The van der Waals surface area contributed by atoms with Crippen LogP contribution in [0.4, 0.5) is 9.18 Å². The van der Waals surface area contributed by atoms with Gasteiger partial charge in [0.05, 0.1) is 26.0 Å². The highest BCUT2D eigenvalue weighted by Crippen LogP contribution is 2.34. The Bertz CT molecular complexity index is 920. The predicted octanol–water partition coefficient (Wildman–Crippen LogP) is 6.13. The number of halogens is 4. The molecule has 3 rings (SSSR count). The number of thioether (sulfide) groups is 1. The molecule has 8 heteroatoms. The number of hydrogen-bond acceptors (Lipinski definition) is 3. The standard InChI is InChI=1S/C17H9BrCl2FNO2S/c18-11-5-9(2-4-14(11)21)7-15-16(23)22(17(24)25-15)8-10-1-3-12(19)13(20)6-10/h1-7H,8H2/b15-7-. The minimum atomic E-state index is -0.401. The Morgan fingerprint density at radius 3 is 2.56 bits per heavy atom. The second-order valence-electron chi connectivity index (χ2n) is 5.19. The lowest BCUT2D eigenvalue weighted by Gasteiger charge is -2.12.